The second-order valence-electron chi connectivity index (χ2n) is 8.20. The van der Waals surface area contributed by atoms with Gasteiger partial charge in [-0.3, -0.25) is 4.79 Å². The minimum atomic E-state index is -3.03. The summed E-state index contributed by atoms with van der Waals surface area (Å²) in [6, 6.07) is 15.3. The van der Waals surface area contributed by atoms with Crippen molar-refractivity contribution < 1.29 is 27.4 Å². The number of nitrogens with zero attached hydrogens (tertiary/aromatic N) is 2. The van der Waals surface area contributed by atoms with Crippen molar-refractivity contribution in [2.75, 3.05) is 11.5 Å². The lowest BCUT2D eigenvalue weighted by atomic mass is 10.1. The van der Waals surface area contributed by atoms with Crippen molar-refractivity contribution in [1.82, 2.24) is 14.8 Å². The number of fused-ring (bicyclic) bond motifs is 1. The number of benzene rings is 3. The van der Waals surface area contributed by atoms with E-state index in [1.165, 1.54) is 41.2 Å². The zero-order valence-corrected chi connectivity index (χ0v) is 20.6. The number of alkyl halides is 2. The molecule has 12 heteroatoms. The number of anilines is 2. The number of aromatic nitrogens is 3. The first-order valence-corrected chi connectivity index (χ1v) is 11.0. The van der Waals surface area contributed by atoms with E-state index >= 15 is 0 Å². The lowest BCUT2D eigenvalue weighted by molar-refractivity contribution is -0.0492. The molecule has 0 atom stereocenters. The molecule has 0 unspecified atom stereocenters. The van der Waals surface area contributed by atoms with E-state index in [-0.39, 0.29) is 46.7 Å². The van der Waals surface area contributed by atoms with E-state index in [2.05, 4.69) is 14.8 Å². The molecular weight excluding hydrogens is 523 g/mol. The summed E-state index contributed by atoms with van der Waals surface area (Å²) in [6.45, 7) is -1.23. The lowest BCUT2D eigenvalue weighted by Crippen LogP contribution is -2.08. The topological polar surface area (TPSA) is 121 Å². The Morgan fingerprint density at radius 2 is 1.82 bits per heavy atom. The van der Waals surface area contributed by atoms with E-state index in [0.717, 1.165) is 5.56 Å². The molecular formula is C26H21ClF3N5O3. The summed E-state index contributed by atoms with van der Waals surface area (Å²) in [7, 11) is 0. The first-order valence-electron chi connectivity index (χ1n) is 11.0. The third kappa shape index (κ3) is 4.96. The van der Waals surface area contributed by atoms with Crippen molar-refractivity contribution in [2.45, 2.75) is 13.5 Å². The van der Waals surface area contributed by atoms with Crippen LogP contribution in [0.2, 0.25) is 0 Å². The number of carbonyl (C=O) groups excluding carboxylic acids is 1. The van der Waals surface area contributed by atoms with Crippen molar-refractivity contribution >= 4 is 40.6 Å². The van der Waals surface area contributed by atoms with Crippen LogP contribution in [0, 0.1) is 12.7 Å². The molecule has 38 heavy (non-hydrogen) atoms. The predicted octanol–water partition coefficient (Wildman–Crippen LogP) is 6.01. The van der Waals surface area contributed by atoms with Crippen molar-refractivity contribution in [3.63, 3.8) is 0 Å². The van der Waals surface area contributed by atoms with Gasteiger partial charge < -0.3 is 25.9 Å². The molecule has 0 aliphatic carbocycles. The molecule has 0 radical (unpaired) electrons. The number of para-hydroxylation sites is 1. The van der Waals surface area contributed by atoms with Crippen molar-refractivity contribution in [3.05, 3.63) is 89.5 Å². The Morgan fingerprint density at radius 1 is 1.05 bits per heavy atom. The third-order valence-corrected chi connectivity index (χ3v) is 5.72. The number of nitrogen functional groups attached to an aromatic ring is 2. The minimum absolute atomic E-state index is 0. The van der Waals surface area contributed by atoms with E-state index < -0.39 is 18.2 Å². The first-order chi connectivity index (χ1) is 17.7. The van der Waals surface area contributed by atoms with Gasteiger partial charge in [0, 0.05) is 10.9 Å². The van der Waals surface area contributed by atoms with Crippen molar-refractivity contribution in [2.24, 2.45) is 0 Å². The summed E-state index contributed by atoms with van der Waals surface area (Å²) in [5.41, 5.74) is 14.1. The van der Waals surface area contributed by atoms with Gasteiger partial charge in [-0.2, -0.15) is 13.9 Å². The zero-order valence-electron chi connectivity index (χ0n) is 19.7. The smallest absolute Gasteiger partial charge is 0.387 e. The highest BCUT2D eigenvalue weighted by atomic mass is 35.5. The number of rotatable bonds is 7. The van der Waals surface area contributed by atoms with Gasteiger partial charge in [-0.25, -0.2) is 9.07 Å². The average Bonchev–Trinajstić information content (AvgIpc) is 3.43. The van der Waals surface area contributed by atoms with Crippen LogP contribution in [0.25, 0.3) is 16.6 Å². The number of carbonyl (C=O) groups is 1. The highest BCUT2D eigenvalue weighted by Gasteiger charge is 2.21. The van der Waals surface area contributed by atoms with Gasteiger partial charge in [-0.1, -0.05) is 12.1 Å². The molecule has 3 aromatic carbocycles. The van der Waals surface area contributed by atoms with Crippen LogP contribution < -0.4 is 20.9 Å². The molecule has 8 nitrogen and oxygen atoms in total. The number of halogens is 4. The SMILES string of the molecule is Cc1cc(Oc2ccccc2F)ccc1-n1ncc(C(=O)c2cc3cc(OC(F)F)c(N)cc3[nH]2)c1N.Cl. The molecule has 5 aromatic rings. The first kappa shape index (κ1) is 26.4. The fourth-order valence-corrected chi connectivity index (χ4v) is 3.95. The summed E-state index contributed by atoms with van der Waals surface area (Å²) in [5, 5.41) is 4.73. The van der Waals surface area contributed by atoms with Gasteiger partial charge in [0.25, 0.3) is 0 Å². The number of hydrogen-bond donors (Lipinski definition) is 3. The second-order valence-corrected chi connectivity index (χ2v) is 8.20. The highest BCUT2D eigenvalue weighted by molar-refractivity contribution is 6.12. The average molecular weight is 544 g/mol. The van der Waals surface area contributed by atoms with Crippen LogP contribution in [0.5, 0.6) is 17.2 Å². The molecule has 0 saturated carbocycles. The summed E-state index contributed by atoms with van der Waals surface area (Å²) in [6.07, 6.45) is 1.34. The normalized spacial score (nSPS) is 11.0. The van der Waals surface area contributed by atoms with Crippen LogP contribution in [0.1, 0.15) is 21.6 Å². The van der Waals surface area contributed by atoms with Crippen LogP contribution in [-0.4, -0.2) is 27.2 Å². The Hall–Kier alpha value is -4.64. The molecule has 0 aliphatic heterocycles. The number of H-pyrrole nitrogens is 1. The number of nitrogens with one attached hydrogen (secondary N) is 1. The van der Waals surface area contributed by atoms with E-state index in [4.69, 9.17) is 16.2 Å². The van der Waals surface area contributed by atoms with E-state index in [1.54, 1.807) is 37.3 Å². The standard InChI is InChI=1S/C26H20F3N5O3.ClH/c1-13-8-15(36-22-5-3-2-4-17(22)27)6-7-21(13)34-25(31)16(12-32-34)24(35)20-9-14-10-23(37-26(28)29)18(30)11-19(14)33-20;/h2-12,26,33H,30-31H2,1H3;1H. The molecule has 5 N–H and O–H groups in total. The number of ketones is 1. The van der Waals surface area contributed by atoms with Crippen LogP contribution in [0.15, 0.2) is 66.9 Å². The second kappa shape index (κ2) is 10.4. The predicted molar refractivity (Wildman–Crippen MR) is 139 cm³/mol. The van der Waals surface area contributed by atoms with E-state index in [9.17, 15) is 18.0 Å². The van der Waals surface area contributed by atoms with Crippen LogP contribution >= 0.6 is 12.4 Å². The summed E-state index contributed by atoms with van der Waals surface area (Å²) in [4.78, 5) is 16.1. The molecule has 0 spiro atoms. The van der Waals surface area contributed by atoms with Gasteiger partial charge in [0.2, 0.25) is 5.78 Å². The lowest BCUT2D eigenvalue weighted by Gasteiger charge is -2.12. The summed E-state index contributed by atoms with van der Waals surface area (Å²) in [5.74, 6) is -0.523. The Kier molecular flexibility index (Phi) is 7.22. The van der Waals surface area contributed by atoms with Gasteiger partial charge in [0.05, 0.1) is 28.8 Å². The van der Waals surface area contributed by atoms with Crippen LogP contribution in [0.4, 0.5) is 24.7 Å². The number of nitrogens with two attached hydrogens (primary N) is 2. The molecule has 5 rings (SSSR count). The van der Waals surface area contributed by atoms with Crippen LogP contribution in [0.3, 0.4) is 0 Å². The molecule has 0 aliphatic rings. The Bertz CT molecular complexity index is 1650. The molecule has 2 heterocycles. The van der Waals surface area contributed by atoms with E-state index in [1.807, 2.05) is 0 Å². The minimum Gasteiger partial charge on any atom is -0.454 e. The van der Waals surface area contributed by atoms with Crippen molar-refractivity contribution in [1.29, 1.82) is 0 Å². The van der Waals surface area contributed by atoms with Gasteiger partial charge in [0.15, 0.2) is 11.6 Å². The number of aromatic amines is 1. The maximum absolute atomic E-state index is 13.9. The van der Waals surface area contributed by atoms with Gasteiger partial charge in [-0.15, -0.1) is 12.4 Å². The summed E-state index contributed by atoms with van der Waals surface area (Å²) >= 11 is 0. The maximum atomic E-state index is 13.9. The van der Waals surface area contributed by atoms with Crippen LogP contribution in [-0.2, 0) is 0 Å². The highest BCUT2D eigenvalue weighted by Crippen LogP contribution is 2.32. The number of aryl methyl sites for hydroxylation is 1. The molecule has 2 aromatic heterocycles. The molecule has 196 valence electrons. The Labute approximate surface area is 220 Å². The molecule has 0 amide bonds. The van der Waals surface area contributed by atoms with Gasteiger partial charge in [0.1, 0.15) is 17.3 Å². The third-order valence-electron chi connectivity index (χ3n) is 5.72. The molecule has 0 fully saturated rings. The number of hydrogen-bond acceptors (Lipinski definition) is 6. The van der Waals surface area contributed by atoms with Crippen molar-refractivity contribution in [3.8, 4) is 22.9 Å². The molecule has 0 saturated heterocycles. The van der Waals surface area contributed by atoms with Gasteiger partial charge >= 0.3 is 6.61 Å². The summed E-state index contributed by atoms with van der Waals surface area (Å²) < 4.78 is 50.6. The number of ether oxygens (including phenoxy) is 2. The fourth-order valence-electron chi connectivity index (χ4n) is 3.95. The molecule has 0 bridgehead atoms. The Morgan fingerprint density at radius 3 is 2.53 bits per heavy atom. The van der Waals surface area contributed by atoms with E-state index in [0.29, 0.717) is 22.3 Å². The van der Waals surface area contributed by atoms with Gasteiger partial charge in [-0.05, 0) is 61.0 Å². The quantitative estimate of drug-likeness (QED) is 0.171. The zero-order chi connectivity index (χ0) is 26.3. The maximum Gasteiger partial charge on any atom is 0.387 e. The largest absolute Gasteiger partial charge is 0.454 e. The monoisotopic (exact) mass is 543 g/mol. The fraction of sp³-hybridized carbons (Fsp3) is 0.0769. The Balaban J connectivity index is 0.00000336.